The molecular formula is C49H29N3. The molecule has 12 rings (SSSR count). The molecule has 240 valence electrons. The van der Waals surface area contributed by atoms with Crippen molar-refractivity contribution in [3.05, 3.63) is 176 Å². The summed E-state index contributed by atoms with van der Waals surface area (Å²) in [5.41, 5.74) is 14.6. The quantitative estimate of drug-likeness (QED) is 0.185. The van der Waals surface area contributed by atoms with Crippen LogP contribution < -0.4 is 0 Å². The van der Waals surface area contributed by atoms with Crippen LogP contribution in [-0.2, 0) is 0 Å². The van der Waals surface area contributed by atoms with Crippen molar-refractivity contribution >= 4 is 65.2 Å². The largest absolute Gasteiger partial charge is 0.309 e. The molecule has 0 spiro atoms. The minimum Gasteiger partial charge on any atom is -0.309 e. The SMILES string of the molecule is c1ccc(-n2c3ccccc3c3cc(-c4ccc5c(c4)c4c6ccccc6ccc4n5-c4ccc5c(c4)-c4cncc6cccc-5c46)ccc32)cc1. The van der Waals surface area contributed by atoms with E-state index < -0.39 is 0 Å². The van der Waals surface area contributed by atoms with Crippen molar-refractivity contribution in [2.45, 2.75) is 0 Å². The van der Waals surface area contributed by atoms with Crippen LogP contribution in [0.5, 0.6) is 0 Å². The number of rotatable bonds is 3. The number of hydrogen-bond acceptors (Lipinski definition) is 1. The highest BCUT2D eigenvalue weighted by Gasteiger charge is 2.23. The number of pyridine rings is 1. The van der Waals surface area contributed by atoms with Crippen LogP contribution in [0.2, 0.25) is 0 Å². The standard InChI is InChI=1S/C49H29N3/c1-2-11-34(12-3-1)51-44-16-7-6-14-38(44)41-25-31(18-22-45(41)51)32-19-23-46-42(26-32)49-36-13-5-4-9-30(36)17-24-47(49)52(46)35-20-21-37-39-15-8-10-33-28-50-29-43(48(33)39)40(37)27-35/h1-29H. The third kappa shape index (κ3) is 3.72. The predicted molar refractivity (Wildman–Crippen MR) is 218 cm³/mol. The van der Waals surface area contributed by atoms with Gasteiger partial charge in [-0.3, -0.25) is 4.98 Å². The number of benzene rings is 8. The minimum absolute atomic E-state index is 1.15. The number of hydrogen-bond donors (Lipinski definition) is 0. The molecule has 0 saturated carbocycles. The van der Waals surface area contributed by atoms with Crippen LogP contribution in [0.1, 0.15) is 0 Å². The highest BCUT2D eigenvalue weighted by atomic mass is 15.0. The summed E-state index contributed by atoms with van der Waals surface area (Å²) in [7, 11) is 0. The molecular weight excluding hydrogens is 631 g/mol. The molecule has 1 aliphatic carbocycles. The van der Waals surface area contributed by atoms with E-state index >= 15 is 0 Å². The Bertz CT molecular complexity index is 3280. The molecule has 0 radical (unpaired) electrons. The van der Waals surface area contributed by atoms with Crippen molar-refractivity contribution in [3.8, 4) is 44.8 Å². The Balaban J connectivity index is 1.10. The van der Waals surface area contributed by atoms with Gasteiger partial charge in [0.1, 0.15) is 0 Å². The molecule has 3 nitrogen and oxygen atoms in total. The van der Waals surface area contributed by atoms with Gasteiger partial charge < -0.3 is 9.13 Å². The fourth-order valence-electron chi connectivity index (χ4n) is 9.05. The van der Waals surface area contributed by atoms with Gasteiger partial charge in [0.05, 0.1) is 22.1 Å². The fourth-order valence-corrected chi connectivity index (χ4v) is 9.05. The van der Waals surface area contributed by atoms with Gasteiger partial charge in [-0.2, -0.15) is 0 Å². The van der Waals surface area contributed by atoms with Gasteiger partial charge in [0.15, 0.2) is 0 Å². The first-order valence-corrected chi connectivity index (χ1v) is 17.9. The average Bonchev–Trinajstić information content (AvgIpc) is 3.84. The summed E-state index contributed by atoms with van der Waals surface area (Å²) >= 11 is 0. The van der Waals surface area contributed by atoms with E-state index in [1.54, 1.807) is 0 Å². The van der Waals surface area contributed by atoms with Crippen molar-refractivity contribution in [2.24, 2.45) is 0 Å². The summed E-state index contributed by atoms with van der Waals surface area (Å²) in [6, 6.07) is 60.2. The van der Waals surface area contributed by atoms with E-state index in [1.165, 1.54) is 104 Å². The van der Waals surface area contributed by atoms with Crippen LogP contribution in [0.4, 0.5) is 0 Å². The first-order chi connectivity index (χ1) is 25.8. The first-order valence-electron chi connectivity index (χ1n) is 17.9. The van der Waals surface area contributed by atoms with Crippen molar-refractivity contribution < 1.29 is 0 Å². The van der Waals surface area contributed by atoms with E-state index in [0.717, 1.165) is 5.69 Å². The zero-order chi connectivity index (χ0) is 33.9. The lowest BCUT2D eigenvalue weighted by atomic mass is 9.99. The number of para-hydroxylation sites is 2. The van der Waals surface area contributed by atoms with E-state index in [1.807, 2.05) is 12.4 Å². The van der Waals surface area contributed by atoms with Crippen molar-refractivity contribution in [1.29, 1.82) is 0 Å². The van der Waals surface area contributed by atoms with Crippen LogP contribution >= 0.6 is 0 Å². The minimum atomic E-state index is 1.15. The van der Waals surface area contributed by atoms with Gasteiger partial charge >= 0.3 is 0 Å². The maximum absolute atomic E-state index is 4.62. The Kier molecular flexibility index (Phi) is 5.50. The topological polar surface area (TPSA) is 22.8 Å². The zero-order valence-corrected chi connectivity index (χ0v) is 28.1. The van der Waals surface area contributed by atoms with Crippen molar-refractivity contribution in [3.63, 3.8) is 0 Å². The highest BCUT2D eigenvalue weighted by Crippen LogP contribution is 2.48. The van der Waals surface area contributed by atoms with Gasteiger partial charge in [-0.25, -0.2) is 0 Å². The number of fused-ring (bicyclic) bond motifs is 11. The molecule has 8 aromatic carbocycles. The first kappa shape index (κ1) is 27.8. The molecule has 0 amide bonds. The van der Waals surface area contributed by atoms with E-state index in [9.17, 15) is 0 Å². The van der Waals surface area contributed by atoms with Crippen LogP contribution in [0.3, 0.4) is 0 Å². The van der Waals surface area contributed by atoms with Gasteiger partial charge in [0.25, 0.3) is 0 Å². The summed E-state index contributed by atoms with van der Waals surface area (Å²) in [5, 5.41) is 10.1. The lowest BCUT2D eigenvalue weighted by Gasteiger charge is -2.11. The monoisotopic (exact) mass is 659 g/mol. The Morgan fingerprint density at radius 1 is 0.327 bits per heavy atom. The van der Waals surface area contributed by atoms with Crippen LogP contribution in [-0.4, -0.2) is 14.1 Å². The van der Waals surface area contributed by atoms with Crippen molar-refractivity contribution in [2.75, 3.05) is 0 Å². The molecule has 1 aliphatic rings. The lowest BCUT2D eigenvalue weighted by Crippen LogP contribution is -1.95. The second-order valence-corrected chi connectivity index (χ2v) is 14.0. The third-order valence-electron chi connectivity index (χ3n) is 11.3. The number of aromatic nitrogens is 3. The van der Waals surface area contributed by atoms with E-state index in [-0.39, 0.29) is 0 Å². The molecule has 3 heteroatoms. The van der Waals surface area contributed by atoms with Gasteiger partial charge in [0.2, 0.25) is 0 Å². The molecule has 52 heavy (non-hydrogen) atoms. The molecule has 0 atom stereocenters. The fraction of sp³-hybridized carbons (Fsp3) is 0. The van der Waals surface area contributed by atoms with E-state index in [2.05, 4.69) is 178 Å². The summed E-state index contributed by atoms with van der Waals surface area (Å²) in [6.07, 6.45) is 4.00. The maximum atomic E-state index is 4.62. The molecule has 0 saturated heterocycles. The van der Waals surface area contributed by atoms with Gasteiger partial charge in [-0.15, -0.1) is 0 Å². The molecule has 0 bridgehead atoms. The Morgan fingerprint density at radius 2 is 1.02 bits per heavy atom. The molecule has 0 N–H and O–H groups in total. The van der Waals surface area contributed by atoms with Crippen molar-refractivity contribution in [1.82, 2.24) is 14.1 Å². The molecule has 3 heterocycles. The normalized spacial score (nSPS) is 12.2. The van der Waals surface area contributed by atoms with Crippen LogP contribution in [0, 0.1) is 0 Å². The molecule has 3 aromatic heterocycles. The van der Waals surface area contributed by atoms with Gasteiger partial charge in [0, 0.05) is 61.6 Å². The summed E-state index contributed by atoms with van der Waals surface area (Å²) in [6.45, 7) is 0. The molecule has 0 aliphatic heterocycles. The average molecular weight is 660 g/mol. The van der Waals surface area contributed by atoms with E-state index in [4.69, 9.17) is 0 Å². The summed E-state index contributed by atoms with van der Waals surface area (Å²) in [5.74, 6) is 0. The number of nitrogens with zero attached hydrogens (tertiary/aromatic N) is 3. The molecule has 11 aromatic rings. The zero-order valence-electron chi connectivity index (χ0n) is 28.1. The summed E-state index contributed by atoms with van der Waals surface area (Å²) < 4.78 is 4.83. The Labute approximate surface area is 299 Å². The lowest BCUT2D eigenvalue weighted by molar-refractivity contribution is 1.18. The van der Waals surface area contributed by atoms with Gasteiger partial charge in [-0.05, 0) is 99.3 Å². The van der Waals surface area contributed by atoms with Crippen LogP contribution in [0.15, 0.2) is 176 Å². The van der Waals surface area contributed by atoms with Crippen LogP contribution in [0.25, 0.3) is 110 Å². The smallest absolute Gasteiger partial charge is 0.0547 e. The Morgan fingerprint density at radius 3 is 1.90 bits per heavy atom. The summed E-state index contributed by atoms with van der Waals surface area (Å²) in [4.78, 5) is 4.62. The molecule has 0 fully saturated rings. The second-order valence-electron chi connectivity index (χ2n) is 14.0. The highest BCUT2D eigenvalue weighted by molar-refractivity contribution is 6.22. The maximum Gasteiger partial charge on any atom is 0.0547 e. The predicted octanol–water partition coefficient (Wildman–Crippen LogP) is 12.9. The second kappa shape index (κ2) is 10.3. The van der Waals surface area contributed by atoms with E-state index in [0.29, 0.717) is 0 Å². The third-order valence-corrected chi connectivity index (χ3v) is 11.3. The molecule has 0 unspecified atom stereocenters. The van der Waals surface area contributed by atoms with Gasteiger partial charge in [-0.1, -0.05) is 103 Å². The Hall–Kier alpha value is -6.97.